The van der Waals surface area contributed by atoms with E-state index in [0.717, 1.165) is 17.7 Å². The third-order valence-electron chi connectivity index (χ3n) is 2.24. The normalized spacial score (nSPS) is 17.5. The molecule has 0 aliphatic carbocycles. The number of halogens is 3. The number of ether oxygens (including phenoxy) is 1. The second-order valence-electron chi connectivity index (χ2n) is 3.48. The van der Waals surface area contributed by atoms with Crippen LogP contribution in [0.2, 0.25) is 0 Å². The first-order chi connectivity index (χ1) is 7.38. The van der Waals surface area contributed by atoms with Crippen molar-refractivity contribution in [3.63, 3.8) is 0 Å². The molecular formula is C10H18F3NO2. The number of hydrogen-bond donors (Lipinski definition) is 0. The largest absolute Gasteiger partial charge is 0.576 e. The summed E-state index contributed by atoms with van der Waals surface area (Å²) < 4.78 is 38.3. The van der Waals surface area contributed by atoms with Crippen molar-refractivity contribution in [3.05, 3.63) is 0 Å². The first-order valence-corrected chi connectivity index (χ1v) is 5.43. The van der Waals surface area contributed by atoms with Crippen molar-refractivity contribution >= 4 is 6.09 Å². The molecule has 1 saturated heterocycles. The molecule has 1 amide bonds. The van der Waals surface area contributed by atoms with E-state index in [1.54, 1.807) is 0 Å². The van der Waals surface area contributed by atoms with Crippen LogP contribution in [0.15, 0.2) is 0 Å². The van der Waals surface area contributed by atoms with Crippen molar-refractivity contribution in [1.29, 1.82) is 0 Å². The monoisotopic (exact) mass is 241 g/mol. The summed E-state index contributed by atoms with van der Waals surface area (Å²) in [6.07, 6.45) is -4.70. The summed E-state index contributed by atoms with van der Waals surface area (Å²) in [5.74, 6) is 0.463. The predicted octanol–water partition coefficient (Wildman–Crippen LogP) is 3.40. The number of alkyl halides is 3. The number of carbonyl (C=O) groups excluding carboxylic acids is 1. The molecule has 0 aromatic carbocycles. The number of rotatable bonds is 0. The Kier molecular flexibility index (Phi) is 6.21. The maximum atomic E-state index is 11.7. The highest BCUT2D eigenvalue weighted by molar-refractivity contribution is 5.67. The van der Waals surface area contributed by atoms with Gasteiger partial charge in [-0.2, -0.15) is 0 Å². The molecular weight excluding hydrogens is 223 g/mol. The lowest BCUT2D eigenvalue weighted by atomic mass is 10.00. The van der Waals surface area contributed by atoms with E-state index < -0.39 is 12.5 Å². The van der Waals surface area contributed by atoms with Crippen LogP contribution in [0.1, 0.15) is 33.6 Å². The molecule has 0 atom stereocenters. The van der Waals surface area contributed by atoms with Crippen molar-refractivity contribution in [2.75, 3.05) is 13.1 Å². The molecule has 0 radical (unpaired) electrons. The number of likely N-dealkylation sites (tertiary alicyclic amines) is 1. The number of piperidine rings is 1. The molecule has 1 rings (SSSR count). The Hall–Kier alpha value is -0.940. The lowest BCUT2D eigenvalue weighted by Gasteiger charge is -2.29. The Morgan fingerprint density at radius 3 is 2.06 bits per heavy atom. The van der Waals surface area contributed by atoms with Crippen molar-refractivity contribution < 1.29 is 22.7 Å². The second kappa shape index (κ2) is 6.60. The SMILES string of the molecule is CC.CC1CCN(C(=O)OC(F)(F)F)CC1. The van der Waals surface area contributed by atoms with Crippen LogP contribution in [0.25, 0.3) is 0 Å². The minimum atomic E-state index is -4.87. The van der Waals surface area contributed by atoms with Gasteiger partial charge in [-0.05, 0) is 18.8 Å². The van der Waals surface area contributed by atoms with Crippen LogP contribution < -0.4 is 0 Å². The van der Waals surface area contributed by atoms with Crippen LogP contribution in [0.5, 0.6) is 0 Å². The van der Waals surface area contributed by atoms with Gasteiger partial charge in [0.25, 0.3) is 0 Å². The summed E-state index contributed by atoms with van der Waals surface area (Å²) in [5, 5.41) is 0. The summed E-state index contributed by atoms with van der Waals surface area (Å²) in [7, 11) is 0. The van der Waals surface area contributed by atoms with Crippen molar-refractivity contribution in [1.82, 2.24) is 4.90 Å². The molecule has 6 heteroatoms. The van der Waals surface area contributed by atoms with Crippen LogP contribution in [-0.4, -0.2) is 30.4 Å². The van der Waals surface area contributed by atoms with Crippen molar-refractivity contribution in [2.45, 2.75) is 40.0 Å². The van der Waals surface area contributed by atoms with Gasteiger partial charge in [0.2, 0.25) is 0 Å². The lowest BCUT2D eigenvalue weighted by Crippen LogP contribution is -2.40. The zero-order chi connectivity index (χ0) is 12.8. The van der Waals surface area contributed by atoms with E-state index in [1.165, 1.54) is 0 Å². The van der Waals surface area contributed by atoms with E-state index in [9.17, 15) is 18.0 Å². The summed E-state index contributed by atoms with van der Waals surface area (Å²) in [4.78, 5) is 12.0. The van der Waals surface area contributed by atoms with Gasteiger partial charge in [0.15, 0.2) is 0 Å². The van der Waals surface area contributed by atoms with Crippen molar-refractivity contribution in [3.8, 4) is 0 Å². The van der Waals surface area contributed by atoms with Crippen LogP contribution in [0.4, 0.5) is 18.0 Å². The molecule has 0 N–H and O–H groups in total. The number of hydrogen-bond acceptors (Lipinski definition) is 2. The van der Waals surface area contributed by atoms with Crippen molar-refractivity contribution in [2.24, 2.45) is 5.92 Å². The van der Waals surface area contributed by atoms with E-state index in [2.05, 4.69) is 4.74 Å². The standard InChI is InChI=1S/C8H12F3NO2.C2H6/c1-6-2-4-12(5-3-6)7(13)14-8(9,10)11;1-2/h6H,2-5H2,1H3;1-2H3. The molecule has 16 heavy (non-hydrogen) atoms. The maximum absolute atomic E-state index is 11.7. The Balaban J connectivity index is 0.00000106. The molecule has 0 aromatic heterocycles. The smallest absolute Gasteiger partial charge is 0.356 e. The van der Waals surface area contributed by atoms with E-state index >= 15 is 0 Å². The highest BCUT2D eigenvalue weighted by Crippen LogP contribution is 2.21. The van der Waals surface area contributed by atoms with Gasteiger partial charge in [0.05, 0.1) is 0 Å². The molecule has 0 spiro atoms. The van der Waals surface area contributed by atoms with Crippen LogP contribution >= 0.6 is 0 Å². The number of nitrogens with zero attached hydrogens (tertiary/aromatic N) is 1. The van der Waals surface area contributed by atoms with E-state index in [4.69, 9.17) is 0 Å². The fourth-order valence-electron chi connectivity index (χ4n) is 1.35. The third-order valence-corrected chi connectivity index (χ3v) is 2.24. The second-order valence-corrected chi connectivity index (χ2v) is 3.48. The van der Waals surface area contributed by atoms with Gasteiger partial charge in [-0.25, -0.2) is 4.79 Å². The van der Waals surface area contributed by atoms with Gasteiger partial charge in [-0.1, -0.05) is 20.8 Å². The molecule has 1 aliphatic heterocycles. The highest BCUT2D eigenvalue weighted by Gasteiger charge is 2.36. The Labute approximate surface area is 93.6 Å². The van der Waals surface area contributed by atoms with Crippen LogP contribution in [0.3, 0.4) is 0 Å². The number of carbonyl (C=O) groups is 1. The molecule has 1 fully saturated rings. The fraction of sp³-hybridized carbons (Fsp3) is 0.900. The van der Waals surface area contributed by atoms with Crippen LogP contribution in [0, 0.1) is 5.92 Å². The van der Waals surface area contributed by atoms with Crippen LogP contribution in [-0.2, 0) is 4.74 Å². The average molecular weight is 241 g/mol. The van der Waals surface area contributed by atoms with E-state index in [1.807, 2.05) is 20.8 Å². The highest BCUT2D eigenvalue weighted by atomic mass is 19.4. The minimum absolute atomic E-state index is 0.343. The molecule has 0 aromatic rings. The lowest BCUT2D eigenvalue weighted by molar-refractivity contribution is -0.295. The molecule has 96 valence electrons. The summed E-state index contributed by atoms with van der Waals surface area (Å²) in [5.41, 5.74) is 0. The summed E-state index contributed by atoms with van der Waals surface area (Å²) in [6.45, 7) is 6.69. The minimum Gasteiger partial charge on any atom is -0.356 e. The zero-order valence-electron chi connectivity index (χ0n) is 9.80. The Bertz CT molecular complexity index is 211. The zero-order valence-corrected chi connectivity index (χ0v) is 9.80. The Morgan fingerprint density at radius 2 is 1.69 bits per heavy atom. The summed E-state index contributed by atoms with van der Waals surface area (Å²) >= 11 is 0. The molecule has 0 unspecified atom stereocenters. The molecule has 0 bridgehead atoms. The first-order valence-electron chi connectivity index (χ1n) is 5.43. The van der Waals surface area contributed by atoms with Gasteiger partial charge in [-0.15, -0.1) is 13.2 Å². The van der Waals surface area contributed by atoms with Gasteiger partial charge in [-0.3, -0.25) is 0 Å². The van der Waals surface area contributed by atoms with E-state index in [0.29, 0.717) is 19.0 Å². The van der Waals surface area contributed by atoms with Gasteiger partial charge < -0.3 is 9.64 Å². The molecule has 3 nitrogen and oxygen atoms in total. The first kappa shape index (κ1) is 15.1. The number of amides is 1. The predicted molar refractivity (Wildman–Crippen MR) is 53.9 cm³/mol. The fourth-order valence-corrected chi connectivity index (χ4v) is 1.35. The van der Waals surface area contributed by atoms with Gasteiger partial charge in [0, 0.05) is 13.1 Å². The third kappa shape index (κ3) is 5.82. The maximum Gasteiger partial charge on any atom is 0.576 e. The molecule has 0 saturated carbocycles. The Morgan fingerprint density at radius 1 is 1.25 bits per heavy atom. The van der Waals surface area contributed by atoms with Gasteiger partial charge >= 0.3 is 12.5 Å². The molecule has 1 aliphatic rings. The van der Waals surface area contributed by atoms with Gasteiger partial charge in [0.1, 0.15) is 0 Å². The average Bonchev–Trinajstić information content (AvgIpc) is 2.19. The molecule has 1 heterocycles. The topological polar surface area (TPSA) is 29.5 Å². The van der Waals surface area contributed by atoms with E-state index in [-0.39, 0.29) is 0 Å². The quantitative estimate of drug-likeness (QED) is 0.650. The summed E-state index contributed by atoms with van der Waals surface area (Å²) in [6, 6.07) is 0.